The fourth-order valence-electron chi connectivity index (χ4n) is 8.57. The molecule has 1 fully saturated rings. The number of nitrogens with zero attached hydrogens (tertiary/aromatic N) is 2. The molecule has 1 amide bonds. The van der Waals surface area contributed by atoms with Gasteiger partial charge in [0.05, 0.1) is 0 Å². The number of likely N-dealkylation sites (N-methyl/N-ethyl adjacent to an activating group) is 1. The number of amides is 1. The van der Waals surface area contributed by atoms with Gasteiger partial charge in [0.2, 0.25) is 0 Å². The Kier molecular flexibility index (Phi) is 40.6. The standard InChI is InChI=1S/C52H102N4O6/c1-6-10-13-16-21-28-36-47(9-4)61-49(57)39-31-24-19-26-33-42-56(44-35-41-53-51-52(59)55(5)46-60-45-54-51)43-34-27-20-25-32-40-50(58)62-48(37-29-22-17-14-11-7-2)38-30-23-18-15-12-8-3/h47-48,51,53-54H,6-46H2,1-5H3. The highest BCUT2D eigenvalue weighted by Gasteiger charge is 2.24. The molecule has 366 valence electrons. The first-order valence-electron chi connectivity index (χ1n) is 26.7. The molecule has 1 aliphatic heterocycles. The van der Waals surface area contributed by atoms with Crippen molar-refractivity contribution in [2.24, 2.45) is 0 Å². The average Bonchev–Trinajstić information content (AvgIpc) is 3.42. The minimum atomic E-state index is -0.412. The fourth-order valence-corrected chi connectivity index (χ4v) is 8.57. The lowest BCUT2D eigenvalue weighted by atomic mass is 10.0. The zero-order valence-electron chi connectivity index (χ0n) is 41.6. The van der Waals surface area contributed by atoms with Crippen molar-refractivity contribution in [3.8, 4) is 0 Å². The van der Waals surface area contributed by atoms with Gasteiger partial charge in [0.1, 0.15) is 31.8 Å². The zero-order chi connectivity index (χ0) is 45.1. The van der Waals surface area contributed by atoms with Crippen LogP contribution in [0.15, 0.2) is 0 Å². The first-order valence-corrected chi connectivity index (χ1v) is 26.7. The van der Waals surface area contributed by atoms with Crippen LogP contribution in [0.4, 0.5) is 0 Å². The average molecular weight is 879 g/mol. The second kappa shape index (κ2) is 43.2. The molecule has 0 aromatic heterocycles. The van der Waals surface area contributed by atoms with E-state index in [9.17, 15) is 14.4 Å². The van der Waals surface area contributed by atoms with Gasteiger partial charge in [0.25, 0.3) is 5.91 Å². The van der Waals surface area contributed by atoms with Crippen molar-refractivity contribution in [2.75, 3.05) is 46.7 Å². The van der Waals surface area contributed by atoms with Crippen LogP contribution in [-0.2, 0) is 28.6 Å². The summed E-state index contributed by atoms with van der Waals surface area (Å²) in [6, 6.07) is 0. The first kappa shape index (κ1) is 58.3. The van der Waals surface area contributed by atoms with Gasteiger partial charge >= 0.3 is 11.9 Å². The van der Waals surface area contributed by atoms with Crippen molar-refractivity contribution in [3.05, 3.63) is 0 Å². The molecule has 0 aromatic carbocycles. The van der Waals surface area contributed by atoms with E-state index in [0.717, 1.165) is 116 Å². The smallest absolute Gasteiger partial charge is 0.306 e. The molecule has 2 N–H and O–H groups in total. The first-order chi connectivity index (χ1) is 30.3. The third-order valence-electron chi connectivity index (χ3n) is 12.7. The molecule has 62 heavy (non-hydrogen) atoms. The highest BCUT2D eigenvalue weighted by molar-refractivity contribution is 5.81. The molecule has 1 rings (SSSR count). The van der Waals surface area contributed by atoms with Crippen LogP contribution in [0.25, 0.3) is 0 Å². The second-order valence-electron chi connectivity index (χ2n) is 18.6. The number of unbranched alkanes of at least 4 members (excludes halogenated alkanes) is 23. The fraction of sp³-hybridized carbons (Fsp3) is 0.942. The maximum atomic E-state index is 12.9. The SMILES string of the molecule is CCCCCCCCC(CC)OC(=O)CCCCCCCN(CCCCCCCC(=O)OC(CCCCCCCC)CCCCCCCC)CCCNC1NCOCN(C)C1=O. The molecule has 0 spiro atoms. The Labute approximate surface area is 383 Å². The quantitative estimate of drug-likeness (QED) is 0.0456. The minimum absolute atomic E-state index is 0.00976. The van der Waals surface area contributed by atoms with Crippen LogP contribution in [0.3, 0.4) is 0 Å². The lowest BCUT2D eigenvalue weighted by Crippen LogP contribution is -2.52. The van der Waals surface area contributed by atoms with Gasteiger partial charge in [-0.2, -0.15) is 0 Å². The largest absolute Gasteiger partial charge is 0.462 e. The van der Waals surface area contributed by atoms with Gasteiger partial charge in [0, 0.05) is 19.9 Å². The number of hydrogen-bond acceptors (Lipinski definition) is 9. The normalized spacial score (nSPS) is 15.1. The Morgan fingerprint density at radius 1 is 0.597 bits per heavy atom. The molecule has 10 heteroatoms. The second-order valence-corrected chi connectivity index (χ2v) is 18.6. The van der Waals surface area contributed by atoms with Crippen molar-refractivity contribution in [3.63, 3.8) is 0 Å². The van der Waals surface area contributed by atoms with E-state index in [-0.39, 0.29) is 30.1 Å². The van der Waals surface area contributed by atoms with E-state index in [1.807, 2.05) is 0 Å². The lowest BCUT2D eigenvalue weighted by Gasteiger charge is -2.24. The van der Waals surface area contributed by atoms with Crippen molar-refractivity contribution in [1.29, 1.82) is 0 Å². The van der Waals surface area contributed by atoms with Crippen LogP contribution in [0, 0.1) is 0 Å². The number of carbonyl (C=O) groups is 3. The van der Waals surface area contributed by atoms with Crippen LogP contribution in [0.2, 0.25) is 0 Å². The summed E-state index contributed by atoms with van der Waals surface area (Å²) in [7, 11) is 1.77. The Bertz CT molecular complexity index is 1020. The molecule has 1 heterocycles. The van der Waals surface area contributed by atoms with Gasteiger partial charge in [-0.05, 0) is 103 Å². The molecule has 10 nitrogen and oxygen atoms in total. The highest BCUT2D eigenvalue weighted by atomic mass is 16.5. The predicted molar refractivity (Wildman–Crippen MR) is 259 cm³/mol. The van der Waals surface area contributed by atoms with Crippen LogP contribution in [-0.4, -0.2) is 92.7 Å². The third kappa shape index (κ3) is 34.6. The molecule has 0 radical (unpaired) electrons. The van der Waals surface area contributed by atoms with Gasteiger partial charge in [-0.15, -0.1) is 0 Å². The van der Waals surface area contributed by atoms with Crippen molar-refractivity contribution in [1.82, 2.24) is 20.4 Å². The molecular formula is C52H102N4O6. The molecule has 0 saturated carbocycles. The molecule has 2 atom stereocenters. The number of carbonyl (C=O) groups excluding carboxylic acids is 3. The van der Waals surface area contributed by atoms with Crippen molar-refractivity contribution < 1.29 is 28.6 Å². The molecule has 0 bridgehead atoms. The van der Waals surface area contributed by atoms with E-state index in [4.69, 9.17) is 14.2 Å². The van der Waals surface area contributed by atoms with Crippen LogP contribution in [0.1, 0.15) is 252 Å². The monoisotopic (exact) mass is 879 g/mol. The summed E-state index contributed by atoms with van der Waals surface area (Å²) < 4.78 is 17.4. The molecule has 1 saturated heterocycles. The Hall–Kier alpha value is -1.75. The number of nitrogens with one attached hydrogen (secondary N) is 2. The molecule has 0 aromatic rings. The summed E-state index contributed by atoms with van der Waals surface area (Å²) in [6.45, 7) is 13.5. The Balaban J connectivity index is 2.42. The van der Waals surface area contributed by atoms with Gasteiger partial charge in [-0.25, -0.2) is 0 Å². The van der Waals surface area contributed by atoms with Crippen molar-refractivity contribution in [2.45, 2.75) is 271 Å². The van der Waals surface area contributed by atoms with E-state index in [1.54, 1.807) is 11.9 Å². The third-order valence-corrected chi connectivity index (χ3v) is 12.7. The summed E-state index contributed by atoms with van der Waals surface area (Å²) in [5.41, 5.74) is 0. The van der Waals surface area contributed by atoms with Gasteiger partial charge in [-0.3, -0.25) is 25.0 Å². The van der Waals surface area contributed by atoms with Gasteiger partial charge in [-0.1, -0.05) is 163 Å². The number of rotatable bonds is 45. The summed E-state index contributed by atoms with van der Waals surface area (Å²) in [5.74, 6) is 0.00429. The van der Waals surface area contributed by atoms with Crippen LogP contribution in [0.5, 0.6) is 0 Å². The topological polar surface area (TPSA) is 109 Å². The molecule has 0 aliphatic carbocycles. The maximum absolute atomic E-state index is 12.9. The number of esters is 2. The van der Waals surface area contributed by atoms with Gasteiger partial charge < -0.3 is 24.0 Å². The van der Waals surface area contributed by atoms with Crippen LogP contribution < -0.4 is 10.6 Å². The summed E-state index contributed by atoms with van der Waals surface area (Å²) in [4.78, 5) is 42.3. The summed E-state index contributed by atoms with van der Waals surface area (Å²) in [6.07, 6.45) is 39.6. The Morgan fingerprint density at radius 2 is 1.00 bits per heavy atom. The summed E-state index contributed by atoms with van der Waals surface area (Å²) in [5, 5.41) is 6.55. The van der Waals surface area contributed by atoms with E-state index >= 15 is 0 Å². The van der Waals surface area contributed by atoms with E-state index in [1.165, 1.54) is 122 Å². The summed E-state index contributed by atoms with van der Waals surface area (Å²) >= 11 is 0. The van der Waals surface area contributed by atoms with E-state index < -0.39 is 6.17 Å². The molecule has 2 unspecified atom stereocenters. The Morgan fingerprint density at radius 3 is 1.48 bits per heavy atom. The predicted octanol–water partition coefficient (Wildman–Crippen LogP) is 12.8. The zero-order valence-corrected chi connectivity index (χ0v) is 41.6. The van der Waals surface area contributed by atoms with Crippen LogP contribution >= 0.6 is 0 Å². The van der Waals surface area contributed by atoms with E-state index in [0.29, 0.717) is 26.3 Å². The number of ether oxygens (including phenoxy) is 3. The minimum Gasteiger partial charge on any atom is -0.462 e. The number of hydrogen-bond donors (Lipinski definition) is 2. The van der Waals surface area contributed by atoms with Gasteiger partial charge in [0.15, 0.2) is 0 Å². The van der Waals surface area contributed by atoms with E-state index in [2.05, 4.69) is 43.2 Å². The van der Waals surface area contributed by atoms with Crippen molar-refractivity contribution >= 4 is 17.8 Å². The molecular weight excluding hydrogens is 777 g/mol. The maximum Gasteiger partial charge on any atom is 0.306 e. The lowest BCUT2D eigenvalue weighted by molar-refractivity contribution is -0.150. The highest BCUT2D eigenvalue weighted by Crippen LogP contribution is 2.19. The molecule has 1 aliphatic rings.